The second kappa shape index (κ2) is 32.9. The van der Waals surface area contributed by atoms with E-state index in [-0.39, 0.29) is 10.8 Å². The molecule has 0 aliphatic heterocycles. The van der Waals surface area contributed by atoms with E-state index in [0.717, 1.165) is 46.7 Å². The van der Waals surface area contributed by atoms with Crippen LogP contribution < -0.4 is 0 Å². The second-order valence-electron chi connectivity index (χ2n) is 29.0. The van der Waals surface area contributed by atoms with Gasteiger partial charge in [0.15, 0.2) is 5.82 Å². The minimum Gasteiger partial charge on any atom is -0.228 e. The number of hydrogen-bond acceptors (Lipinski definition) is 2. The van der Waals surface area contributed by atoms with Crippen molar-refractivity contribution >= 4 is 0 Å². The van der Waals surface area contributed by atoms with E-state index in [4.69, 9.17) is 9.97 Å². The first-order valence-corrected chi connectivity index (χ1v) is 38.1. The fraction of sp³-hybridized carbons (Fsp3) is 0.383. The Morgan fingerprint density at radius 2 is 0.521 bits per heavy atom. The van der Waals surface area contributed by atoms with Gasteiger partial charge in [-0.2, -0.15) is 0 Å². The molecular weight excluding hydrogens is 1160 g/mol. The average molecular weight is 1270 g/mol. The summed E-state index contributed by atoms with van der Waals surface area (Å²) in [6, 6.07) is 79.4. The van der Waals surface area contributed by atoms with E-state index in [1.807, 2.05) is 0 Å². The van der Waals surface area contributed by atoms with Gasteiger partial charge < -0.3 is 0 Å². The van der Waals surface area contributed by atoms with Gasteiger partial charge in [-0.25, -0.2) is 9.97 Å². The number of aryl methyl sites for hydroxylation is 2. The van der Waals surface area contributed by atoms with E-state index >= 15 is 0 Å². The normalized spacial score (nSPS) is 13.2. The van der Waals surface area contributed by atoms with E-state index in [9.17, 15) is 0 Å². The van der Waals surface area contributed by atoms with Crippen molar-refractivity contribution < 1.29 is 0 Å². The number of hydrogen-bond donors (Lipinski definition) is 0. The first kappa shape index (κ1) is 68.0. The zero-order chi connectivity index (χ0) is 66.1. The minimum atomic E-state index is -0.149. The number of nitrogens with zero attached hydrogens (tertiary/aromatic N) is 2. The number of aromatic nitrogens is 2. The lowest BCUT2D eigenvalue weighted by Crippen LogP contribution is -2.26. The summed E-state index contributed by atoms with van der Waals surface area (Å²) in [4.78, 5) is 11.7. The molecule has 0 saturated heterocycles. The number of fused-ring (bicyclic) bond motifs is 6. The van der Waals surface area contributed by atoms with E-state index in [1.165, 1.54) is 262 Å². The van der Waals surface area contributed by atoms with E-state index in [1.54, 1.807) is 5.56 Å². The van der Waals surface area contributed by atoms with E-state index in [0.29, 0.717) is 0 Å². The highest BCUT2D eigenvalue weighted by Crippen LogP contribution is 2.58. The molecule has 0 spiro atoms. The topological polar surface area (TPSA) is 25.8 Å². The predicted octanol–water partition coefficient (Wildman–Crippen LogP) is 28.3. The van der Waals surface area contributed by atoms with Crippen molar-refractivity contribution in [1.29, 1.82) is 0 Å². The van der Waals surface area contributed by atoms with Gasteiger partial charge in [0.25, 0.3) is 0 Å². The van der Waals surface area contributed by atoms with Crippen molar-refractivity contribution in [2.24, 2.45) is 0 Å². The van der Waals surface area contributed by atoms with Crippen molar-refractivity contribution in [1.82, 2.24) is 9.97 Å². The lowest BCUT2D eigenvalue weighted by atomic mass is 9.70. The molecule has 0 N–H and O–H groups in total. The maximum absolute atomic E-state index is 5.86. The Bertz CT molecular complexity index is 4040. The Kier molecular flexibility index (Phi) is 23.3. The zero-order valence-corrected chi connectivity index (χ0v) is 59.3. The molecule has 0 bridgehead atoms. The van der Waals surface area contributed by atoms with Gasteiger partial charge in [-0.05, 0) is 171 Å². The summed E-state index contributed by atoms with van der Waals surface area (Å²) in [6.07, 6.45) is 35.5. The summed E-state index contributed by atoms with van der Waals surface area (Å²) >= 11 is 0. The zero-order valence-electron chi connectivity index (χ0n) is 59.3. The van der Waals surface area contributed by atoms with Crippen LogP contribution in [0.25, 0.3) is 101 Å². The highest BCUT2D eigenvalue weighted by atomic mass is 14.9. The molecule has 494 valence electrons. The summed E-state index contributed by atoms with van der Waals surface area (Å²) in [5.41, 5.74) is 29.3. The molecule has 0 fully saturated rings. The maximum Gasteiger partial charge on any atom is 0.160 e. The average Bonchev–Trinajstić information content (AvgIpc) is 1.55. The molecule has 2 nitrogen and oxygen atoms in total. The molecule has 2 heteroatoms. The van der Waals surface area contributed by atoms with Crippen LogP contribution in [0.2, 0.25) is 0 Å². The lowest BCUT2D eigenvalue weighted by molar-refractivity contribution is 0.398. The number of benzene rings is 9. The molecule has 96 heavy (non-hydrogen) atoms. The van der Waals surface area contributed by atoms with E-state index < -0.39 is 0 Å². The van der Waals surface area contributed by atoms with E-state index in [2.05, 4.69) is 248 Å². The molecule has 12 rings (SSSR count). The van der Waals surface area contributed by atoms with Crippen LogP contribution in [0.3, 0.4) is 0 Å². The summed E-state index contributed by atoms with van der Waals surface area (Å²) < 4.78 is 0. The third kappa shape index (κ3) is 15.6. The molecular formula is C94H108N2. The van der Waals surface area contributed by atoms with Crippen LogP contribution in [0.4, 0.5) is 0 Å². The largest absolute Gasteiger partial charge is 0.228 e. The Morgan fingerprint density at radius 3 is 0.927 bits per heavy atom. The molecule has 2 aliphatic carbocycles. The fourth-order valence-electron chi connectivity index (χ4n) is 16.6. The van der Waals surface area contributed by atoms with Gasteiger partial charge in [0.1, 0.15) is 0 Å². The van der Waals surface area contributed by atoms with Gasteiger partial charge in [0.05, 0.1) is 11.4 Å². The Hall–Kier alpha value is -7.94. The quantitative estimate of drug-likeness (QED) is 0.0370. The minimum absolute atomic E-state index is 0.0649. The highest BCUT2D eigenvalue weighted by Gasteiger charge is 2.44. The van der Waals surface area contributed by atoms with Gasteiger partial charge in [0.2, 0.25) is 0 Å². The first-order chi connectivity index (χ1) is 47.2. The number of rotatable bonds is 35. The molecule has 0 unspecified atom stereocenters. The van der Waals surface area contributed by atoms with Crippen LogP contribution in [0.5, 0.6) is 0 Å². The summed E-state index contributed by atoms with van der Waals surface area (Å²) in [5, 5.41) is 0. The van der Waals surface area contributed by atoms with Crippen molar-refractivity contribution in [3.05, 3.63) is 240 Å². The smallest absolute Gasteiger partial charge is 0.160 e. The maximum atomic E-state index is 5.86. The number of unbranched alkanes of at least 4 members (excludes halogenated alkanes) is 20. The third-order valence-corrected chi connectivity index (χ3v) is 22.0. The molecule has 2 aliphatic rings. The molecule has 0 atom stereocenters. The van der Waals surface area contributed by atoms with Crippen LogP contribution >= 0.6 is 0 Å². The monoisotopic (exact) mass is 1260 g/mol. The Morgan fingerprint density at radius 1 is 0.229 bits per heavy atom. The van der Waals surface area contributed by atoms with Crippen molar-refractivity contribution in [3.8, 4) is 101 Å². The van der Waals surface area contributed by atoms with Crippen LogP contribution in [-0.2, 0) is 10.8 Å². The highest BCUT2D eigenvalue weighted by molar-refractivity contribution is 5.89. The van der Waals surface area contributed by atoms with Crippen LogP contribution in [-0.4, -0.2) is 9.97 Å². The Balaban J connectivity index is 1.03. The SMILES string of the molecule is CCCCCCCCC1(CCCCCCCC)c2cc(C)ccc2-c2ccc(-c3cc(-c4ccc5c(c4)C(CCCCCCCC)(CCCCCCCC)c4cc(-c6ccc(-c7ccc(C)cc7)cc6)ccc4-5)nc(-c4cc(-c5ccccc5)cc(-c5ccccc5)c4)n3)cc21. The second-order valence-corrected chi connectivity index (χ2v) is 29.0. The van der Waals surface area contributed by atoms with Gasteiger partial charge in [-0.15, -0.1) is 0 Å². The molecule has 10 aromatic rings. The van der Waals surface area contributed by atoms with Gasteiger partial charge in [-0.1, -0.05) is 357 Å². The lowest BCUT2D eigenvalue weighted by Gasteiger charge is -2.33. The van der Waals surface area contributed by atoms with Crippen LogP contribution in [0.15, 0.2) is 206 Å². The van der Waals surface area contributed by atoms with Gasteiger partial charge >= 0.3 is 0 Å². The Labute approximate surface area is 579 Å². The fourth-order valence-corrected chi connectivity index (χ4v) is 16.6. The molecule has 1 heterocycles. The molecule has 0 radical (unpaired) electrons. The van der Waals surface area contributed by atoms with Crippen molar-refractivity contribution in [3.63, 3.8) is 0 Å². The van der Waals surface area contributed by atoms with Crippen molar-refractivity contribution in [2.75, 3.05) is 0 Å². The molecule has 9 aromatic carbocycles. The summed E-state index contributed by atoms with van der Waals surface area (Å²) in [5.74, 6) is 0.759. The van der Waals surface area contributed by atoms with Crippen LogP contribution in [0.1, 0.15) is 241 Å². The third-order valence-electron chi connectivity index (χ3n) is 22.0. The molecule has 0 amide bonds. The summed E-state index contributed by atoms with van der Waals surface area (Å²) in [7, 11) is 0. The van der Waals surface area contributed by atoms with Gasteiger partial charge in [-0.3, -0.25) is 0 Å². The predicted molar refractivity (Wildman–Crippen MR) is 414 cm³/mol. The first-order valence-electron chi connectivity index (χ1n) is 38.1. The standard InChI is InChI=1S/C94H108N2/c1-7-11-15-19-23-33-57-93(58-34-24-20-16-12-8-2)86-61-70(6)43-53-82(86)84-55-51-77(66-88(84)93)90-68-91(96-92(95-90)81-63-79(71-37-29-27-30-38-71)62-80(64-81)72-39-31-28-32-40-72)78-52-56-85-83-54-50-76(75-48-46-74(47-49-75)73-44-41-69(5)42-45-73)65-87(83)94(89(85)67-78,59-35-25-21-17-13-9-3)60-36-26-22-18-14-10-4/h27-32,37-56,61-68H,7-26,33-36,57-60H2,1-6H3. The molecule has 0 saturated carbocycles. The van der Waals surface area contributed by atoms with Crippen LogP contribution in [0, 0.1) is 13.8 Å². The van der Waals surface area contributed by atoms with Gasteiger partial charge in [0, 0.05) is 27.5 Å². The summed E-state index contributed by atoms with van der Waals surface area (Å²) in [6.45, 7) is 13.8. The van der Waals surface area contributed by atoms with Crippen molar-refractivity contribution in [2.45, 2.75) is 232 Å². The molecule has 1 aromatic heterocycles.